The molecule has 0 aromatic carbocycles. The molecule has 0 spiro atoms. The molecule has 0 aliphatic carbocycles. The third kappa shape index (κ3) is 2.60. The number of halogens is 1. The summed E-state index contributed by atoms with van der Waals surface area (Å²) in [6, 6.07) is 3.69. The number of nitrogen functional groups attached to an aromatic ring is 1. The number of nitrogens with zero attached hydrogens (tertiary/aromatic N) is 4. The minimum Gasteiger partial charge on any atom is -0.488 e. The van der Waals surface area contributed by atoms with E-state index in [4.69, 9.17) is 22.1 Å². The zero-order chi connectivity index (χ0) is 13.9. The lowest BCUT2D eigenvalue weighted by Crippen LogP contribution is -2.25. The van der Waals surface area contributed by atoms with Crippen LogP contribution in [0.2, 0.25) is 5.02 Å². The van der Waals surface area contributed by atoms with Gasteiger partial charge in [-0.15, -0.1) is 0 Å². The Kier molecular flexibility index (Phi) is 3.56. The van der Waals surface area contributed by atoms with Crippen molar-refractivity contribution in [2.75, 3.05) is 23.7 Å². The fraction of sp³-hybridized carbons (Fsp3) is 0.308. The Balaban J connectivity index is 1.69. The van der Waals surface area contributed by atoms with Crippen LogP contribution in [0.4, 0.5) is 11.6 Å². The van der Waals surface area contributed by atoms with Gasteiger partial charge in [-0.3, -0.25) is 4.98 Å². The lowest BCUT2D eigenvalue weighted by Gasteiger charge is -2.19. The number of aromatic nitrogens is 3. The second-order valence-corrected chi connectivity index (χ2v) is 4.93. The minimum atomic E-state index is 0.102. The lowest BCUT2D eigenvalue weighted by molar-refractivity contribution is 0.224. The van der Waals surface area contributed by atoms with Crippen LogP contribution in [0.15, 0.2) is 30.9 Å². The molecule has 0 unspecified atom stereocenters. The van der Waals surface area contributed by atoms with Gasteiger partial charge in [0.05, 0.1) is 6.54 Å². The topological polar surface area (TPSA) is 77.2 Å². The summed E-state index contributed by atoms with van der Waals surface area (Å²) in [5, 5.41) is 0.400. The van der Waals surface area contributed by atoms with Gasteiger partial charge < -0.3 is 15.4 Å². The van der Waals surface area contributed by atoms with Crippen LogP contribution < -0.4 is 15.4 Å². The third-order valence-corrected chi connectivity index (χ3v) is 3.56. The normalized spacial score (nSPS) is 18.2. The molecular weight excluding hydrogens is 278 g/mol. The third-order valence-electron chi connectivity index (χ3n) is 3.20. The Morgan fingerprint density at radius 2 is 2.10 bits per heavy atom. The SMILES string of the molecule is Nc1ncnc(N2CC[C@@H](Oc3ccncc3)C2)c1Cl. The summed E-state index contributed by atoms with van der Waals surface area (Å²) in [7, 11) is 0. The highest BCUT2D eigenvalue weighted by Crippen LogP contribution is 2.30. The quantitative estimate of drug-likeness (QED) is 0.928. The Hall–Kier alpha value is -2.08. The summed E-state index contributed by atoms with van der Waals surface area (Å²) in [6.45, 7) is 1.55. The standard InChI is InChI=1S/C13H14ClN5O/c14-11-12(15)17-8-18-13(11)19-6-3-10(7-19)20-9-1-4-16-5-2-9/h1-2,4-5,8,10H,3,6-7H2,(H2,15,17,18)/t10-/m1/s1. The number of hydrogen-bond acceptors (Lipinski definition) is 6. The Bertz CT molecular complexity index is 595. The molecule has 0 bridgehead atoms. The predicted octanol–water partition coefficient (Wildman–Crippen LogP) is 1.76. The van der Waals surface area contributed by atoms with Gasteiger partial charge in [0.15, 0.2) is 5.82 Å². The molecule has 0 radical (unpaired) electrons. The molecule has 1 aliphatic heterocycles. The van der Waals surface area contributed by atoms with Crippen LogP contribution in [0.1, 0.15) is 6.42 Å². The van der Waals surface area contributed by atoms with Crippen LogP contribution in [0.25, 0.3) is 0 Å². The highest BCUT2D eigenvalue weighted by atomic mass is 35.5. The average molecular weight is 292 g/mol. The van der Waals surface area contributed by atoms with E-state index >= 15 is 0 Å². The smallest absolute Gasteiger partial charge is 0.153 e. The van der Waals surface area contributed by atoms with Crippen molar-refractivity contribution in [1.82, 2.24) is 15.0 Å². The fourth-order valence-electron chi connectivity index (χ4n) is 2.22. The van der Waals surface area contributed by atoms with Crippen LogP contribution in [-0.2, 0) is 0 Å². The first kappa shape index (κ1) is 12.9. The van der Waals surface area contributed by atoms with Crippen molar-refractivity contribution in [2.24, 2.45) is 0 Å². The summed E-state index contributed by atoms with van der Waals surface area (Å²) >= 11 is 6.14. The highest BCUT2D eigenvalue weighted by molar-refractivity contribution is 6.35. The molecule has 7 heteroatoms. The molecule has 1 fully saturated rings. The molecule has 3 rings (SSSR count). The zero-order valence-corrected chi connectivity index (χ0v) is 11.5. The monoisotopic (exact) mass is 291 g/mol. The average Bonchev–Trinajstić information content (AvgIpc) is 2.91. The van der Waals surface area contributed by atoms with Crippen LogP contribution in [-0.4, -0.2) is 34.1 Å². The molecule has 2 aromatic heterocycles. The molecule has 0 amide bonds. The van der Waals surface area contributed by atoms with Crippen LogP contribution >= 0.6 is 11.6 Å². The lowest BCUT2D eigenvalue weighted by atomic mass is 10.3. The summed E-state index contributed by atoms with van der Waals surface area (Å²) in [4.78, 5) is 14.1. The van der Waals surface area contributed by atoms with E-state index in [0.29, 0.717) is 16.7 Å². The molecule has 2 N–H and O–H groups in total. The molecule has 20 heavy (non-hydrogen) atoms. The van der Waals surface area contributed by atoms with Crippen molar-refractivity contribution in [1.29, 1.82) is 0 Å². The number of anilines is 2. The van der Waals surface area contributed by atoms with E-state index in [-0.39, 0.29) is 6.10 Å². The maximum Gasteiger partial charge on any atom is 0.153 e. The molecule has 6 nitrogen and oxygen atoms in total. The molecule has 0 saturated carbocycles. The first-order valence-electron chi connectivity index (χ1n) is 6.31. The molecule has 1 aliphatic rings. The first-order valence-corrected chi connectivity index (χ1v) is 6.69. The Labute approximate surface area is 121 Å². The van der Waals surface area contributed by atoms with E-state index < -0.39 is 0 Å². The number of rotatable bonds is 3. The largest absolute Gasteiger partial charge is 0.488 e. The van der Waals surface area contributed by atoms with Gasteiger partial charge in [0, 0.05) is 25.4 Å². The van der Waals surface area contributed by atoms with Crippen LogP contribution in [0, 0.1) is 0 Å². The van der Waals surface area contributed by atoms with Gasteiger partial charge in [-0.05, 0) is 12.1 Å². The molecule has 2 aromatic rings. The van der Waals surface area contributed by atoms with E-state index in [1.165, 1.54) is 6.33 Å². The van der Waals surface area contributed by atoms with Gasteiger partial charge in [-0.1, -0.05) is 11.6 Å². The molecule has 104 valence electrons. The molecule has 1 saturated heterocycles. The number of pyridine rings is 1. The zero-order valence-electron chi connectivity index (χ0n) is 10.7. The van der Waals surface area contributed by atoms with Crippen molar-refractivity contribution in [3.8, 4) is 5.75 Å². The molecule has 3 heterocycles. The first-order chi connectivity index (χ1) is 9.74. The van der Waals surface area contributed by atoms with Gasteiger partial charge in [-0.2, -0.15) is 0 Å². The van der Waals surface area contributed by atoms with Gasteiger partial charge >= 0.3 is 0 Å². The van der Waals surface area contributed by atoms with E-state index in [2.05, 4.69) is 19.9 Å². The van der Waals surface area contributed by atoms with Gasteiger partial charge in [-0.25, -0.2) is 9.97 Å². The Morgan fingerprint density at radius 3 is 2.90 bits per heavy atom. The van der Waals surface area contributed by atoms with Crippen molar-refractivity contribution in [3.05, 3.63) is 35.9 Å². The summed E-state index contributed by atoms with van der Waals surface area (Å²) < 4.78 is 5.90. The van der Waals surface area contributed by atoms with Crippen molar-refractivity contribution in [2.45, 2.75) is 12.5 Å². The molecule has 1 atom stereocenters. The second kappa shape index (κ2) is 5.50. The van der Waals surface area contributed by atoms with Gasteiger partial charge in [0.1, 0.15) is 29.0 Å². The summed E-state index contributed by atoms with van der Waals surface area (Å²) in [5.74, 6) is 1.79. The van der Waals surface area contributed by atoms with Crippen molar-refractivity contribution >= 4 is 23.2 Å². The second-order valence-electron chi connectivity index (χ2n) is 4.55. The predicted molar refractivity (Wildman–Crippen MR) is 76.9 cm³/mol. The summed E-state index contributed by atoms with van der Waals surface area (Å²) in [6.07, 6.45) is 5.86. The van der Waals surface area contributed by atoms with Crippen LogP contribution in [0.5, 0.6) is 5.75 Å². The fourth-order valence-corrected chi connectivity index (χ4v) is 2.44. The van der Waals surface area contributed by atoms with Crippen LogP contribution in [0.3, 0.4) is 0 Å². The van der Waals surface area contributed by atoms with Crippen molar-refractivity contribution < 1.29 is 4.74 Å². The van der Waals surface area contributed by atoms with E-state index in [9.17, 15) is 0 Å². The Morgan fingerprint density at radius 1 is 1.30 bits per heavy atom. The van der Waals surface area contributed by atoms with Gasteiger partial charge in [0.25, 0.3) is 0 Å². The maximum absolute atomic E-state index is 6.14. The highest BCUT2D eigenvalue weighted by Gasteiger charge is 2.27. The molecular formula is C13H14ClN5O. The minimum absolute atomic E-state index is 0.102. The van der Waals surface area contributed by atoms with E-state index in [1.807, 2.05) is 12.1 Å². The van der Waals surface area contributed by atoms with E-state index in [0.717, 1.165) is 25.3 Å². The summed E-state index contributed by atoms with van der Waals surface area (Å²) in [5.41, 5.74) is 5.70. The van der Waals surface area contributed by atoms with Crippen molar-refractivity contribution in [3.63, 3.8) is 0 Å². The number of nitrogens with two attached hydrogens (primary N) is 1. The maximum atomic E-state index is 6.14. The number of ether oxygens (including phenoxy) is 1. The van der Waals surface area contributed by atoms with Gasteiger partial charge in [0.2, 0.25) is 0 Å². The number of hydrogen-bond donors (Lipinski definition) is 1. The van der Waals surface area contributed by atoms with E-state index in [1.54, 1.807) is 12.4 Å².